The standard InChI is InChI=1S/C15H19N3/c16-15-11-14(12-7-3-1-4-8-12)17-18(15)13-9-5-2-6-10-13/h1,3-4,7-8,11,13H,2,5-6,9-10,16H2. The van der Waals surface area contributed by atoms with Crippen molar-refractivity contribution in [3.05, 3.63) is 36.4 Å². The Labute approximate surface area is 108 Å². The lowest BCUT2D eigenvalue weighted by Gasteiger charge is -2.22. The Bertz CT molecular complexity index is 510. The number of nitrogen functional groups attached to an aromatic ring is 1. The van der Waals surface area contributed by atoms with Gasteiger partial charge in [0.15, 0.2) is 0 Å². The fraction of sp³-hybridized carbons (Fsp3) is 0.400. The van der Waals surface area contributed by atoms with Gasteiger partial charge in [0.05, 0.1) is 11.7 Å². The molecule has 1 heterocycles. The second-order valence-corrected chi connectivity index (χ2v) is 5.06. The molecule has 18 heavy (non-hydrogen) atoms. The van der Waals surface area contributed by atoms with Gasteiger partial charge in [-0.1, -0.05) is 49.6 Å². The van der Waals surface area contributed by atoms with E-state index in [-0.39, 0.29) is 0 Å². The molecule has 0 atom stereocenters. The lowest BCUT2D eigenvalue weighted by molar-refractivity contribution is 0.333. The van der Waals surface area contributed by atoms with E-state index in [2.05, 4.69) is 12.1 Å². The predicted molar refractivity (Wildman–Crippen MR) is 74.2 cm³/mol. The molecular formula is C15H19N3. The molecular weight excluding hydrogens is 222 g/mol. The molecule has 1 aromatic heterocycles. The monoisotopic (exact) mass is 241 g/mol. The Hall–Kier alpha value is -1.77. The smallest absolute Gasteiger partial charge is 0.122 e. The van der Waals surface area contributed by atoms with E-state index in [0.29, 0.717) is 6.04 Å². The Morgan fingerprint density at radius 2 is 1.78 bits per heavy atom. The van der Waals surface area contributed by atoms with Crippen molar-refractivity contribution in [3.63, 3.8) is 0 Å². The van der Waals surface area contributed by atoms with Crippen molar-refractivity contribution in [1.82, 2.24) is 9.78 Å². The van der Waals surface area contributed by atoms with Gasteiger partial charge in [-0.3, -0.25) is 0 Å². The average Bonchev–Trinajstić information content (AvgIpc) is 2.83. The predicted octanol–water partition coefficient (Wildman–Crippen LogP) is 3.64. The van der Waals surface area contributed by atoms with Crippen molar-refractivity contribution < 1.29 is 0 Å². The van der Waals surface area contributed by atoms with Crippen LogP contribution in [0.1, 0.15) is 38.1 Å². The van der Waals surface area contributed by atoms with Gasteiger partial charge in [0.1, 0.15) is 5.82 Å². The highest BCUT2D eigenvalue weighted by molar-refractivity contribution is 5.62. The maximum absolute atomic E-state index is 6.11. The molecule has 1 aromatic carbocycles. The van der Waals surface area contributed by atoms with Gasteiger partial charge in [0, 0.05) is 11.6 Å². The second-order valence-electron chi connectivity index (χ2n) is 5.06. The van der Waals surface area contributed by atoms with Crippen molar-refractivity contribution in [2.45, 2.75) is 38.1 Å². The van der Waals surface area contributed by atoms with E-state index < -0.39 is 0 Å². The fourth-order valence-electron chi connectivity index (χ4n) is 2.78. The van der Waals surface area contributed by atoms with Crippen LogP contribution < -0.4 is 5.73 Å². The molecule has 0 saturated heterocycles. The Balaban J connectivity index is 1.91. The lowest BCUT2D eigenvalue weighted by atomic mass is 9.96. The summed E-state index contributed by atoms with van der Waals surface area (Å²) in [5.41, 5.74) is 8.23. The molecule has 1 saturated carbocycles. The molecule has 0 bridgehead atoms. The third-order valence-electron chi connectivity index (χ3n) is 3.75. The third-order valence-corrected chi connectivity index (χ3v) is 3.75. The highest BCUT2D eigenvalue weighted by atomic mass is 15.3. The Kier molecular flexibility index (Phi) is 3.05. The second kappa shape index (κ2) is 4.84. The van der Waals surface area contributed by atoms with Crippen LogP contribution in [-0.2, 0) is 0 Å². The van der Waals surface area contributed by atoms with Crippen molar-refractivity contribution >= 4 is 5.82 Å². The normalized spacial score (nSPS) is 16.9. The molecule has 2 aromatic rings. The number of rotatable bonds is 2. The van der Waals surface area contributed by atoms with E-state index >= 15 is 0 Å². The topological polar surface area (TPSA) is 43.8 Å². The Morgan fingerprint density at radius 1 is 1.06 bits per heavy atom. The zero-order valence-corrected chi connectivity index (χ0v) is 10.5. The number of hydrogen-bond acceptors (Lipinski definition) is 2. The van der Waals surface area contributed by atoms with Crippen LogP contribution in [0.3, 0.4) is 0 Å². The molecule has 0 aliphatic heterocycles. The van der Waals surface area contributed by atoms with E-state index in [1.165, 1.54) is 32.1 Å². The van der Waals surface area contributed by atoms with Crippen LogP contribution in [0.2, 0.25) is 0 Å². The molecule has 3 rings (SSSR count). The average molecular weight is 241 g/mol. The summed E-state index contributed by atoms with van der Waals surface area (Å²) >= 11 is 0. The van der Waals surface area contributed by atoms with Crippen molar-refractivity contribution in [2.24, 2.45) is 0 Å². The van der Waals surface area contributed by atoms with E-state index in [1.807, 2.05) is 28.9 Å². The summed E-state index contributed by atoms with van der Waals surface area (Å²) in [4.78, 5) is 0. The van der Waals surface area contributed by atoms with E-state index in [1.54, 1.807) is 0 Å². The largest absolute Gasteiger partial charge is 0.384 e. The molecule has 1 fully saturated rings. The number of nitrogens with two attached hydrogens (primary N) is 1. The van der Waals surface area contributed by atoms with E-state index in [9.17, 15) is 0 Å². The molecule has 2 N–H and O–H groups in total. The van der Waals surface area contributed by atoms with Gasteiger partial charge in [0.25, 0.3) is 0 Å². The Morgan fingerprint density at radius 3 is 2.50 bits per heavy atom. The minimum Gasteiger partial charge on any atom is -0.384 e. The molecule has 0 unspecified atom stereocenters. The maximum Gasteiger partial charge on any atom is 0.122 e. The van der Waals surface area contributed by atoms with Gasteiger partial charge in [-0.15, -0.1) is 0 Å². The zero-order valence-electron chi connectivity index (χ0n) is 10.5. The molecule has 3 heteroatoms. The molecule has 0 amide bonds. The van der Waals surface area contributed by atoms with Crippen LogP contribution in [-0.4, -0.2) is 9.78 Å². The first-order chi connectivity index (χ1) is 8.84. The summed E-state index contributed by atoms with van der Waals surface area (Å²) in [6, 6.07) is 12.7. The zero-order chi connectivity index (χ0) is 12.4. The molecule has 0 radical (unpaired) electrons. The number of nitrogens with zero attached hydrogens (tertiary/aromatic N) is 2. The fourth-order valence-corrected chi connectivity index (χ4v) is 2.78. The number of benzene rings is 1. The summed E-state index contributed by atoms with van der Waals surface area (Å²) < 4.78 is 2.03. The molecule has 1 aliphatic carbocycles. The van der Waals surface area contributed by atoms with Crippen molar-refractivity contribution in [1.29, 1.82) is 0 Å². The summed E-state index contributed by atoms with van der Waals surface area (Å²) in [5.74, 6) is 0.792. The SMILES string of the molecule is Nc1cc(-c2ccccc2)nn1C1CCCCC1. The summed E-state index contributed by atoms with van der Waals surface area (Å²) in [5, 5.41) is 4.70. The van der Waals surface area contributed by atoms with E-state index in [4.69, 9.17) is 10.8 Å². The van der Waals surface area contributed by atoms with E-state index in [0.717, 1.165) is 17.1 Å². The first-order valence-corrected chi connectivity index (χ1v) is 6.75. The van der Waals surface area contributed by atoms with Crippen LogP contribution in [0.5, 0.6) is 0 Å². The quantitative estimate of drug-likeness (QED) is 0.872. The molecule has 0 spiro atoms. The molecule has 94 valence electrons. The number of aromatic nitrogens is 2. The van der Waals surface area contributed by atoms with Crippen LogP contribution in [0.15, 0.2) is 36.4 Å². The number of hydrogen-bond donors (Lipinski definition) is 1. The summed E-state index contributed by atoms with van der Waals surface area (Å²) in [6.45, 7) is 0. The maximum atomic E-state index is 6.11. The van der Waals surface area contributed by atoms with Crippen LogP contribution in [0.25, 0.3) is 11.3 Å². The van der Waals surface area contributed by atoms with Crippen molar-refractivity contribution in [3.8, 4) is 11.3 Å². The summed E-state index contributed by atoms with van der Waals surface area (Å²) in [7, 11) is 0. The van der Waals surface area contributed by atoms with Crippen LogP contribution in [0, 0.1) is 0 Å². The van der Waals surface area contributed by atoms with Gasteiger partial charge >= 0.3 is 0 Å². The minimum absolute atomic E-state index is 0.496. The minimum atomic E-state index is 0.496. The highest BCUT2D eigenvalue weighted by Gasteiger charge is 2.19. The van der Waals surface area contributed by atoms with Gasteiger partial charge in [-0.25, -0.2) is 4.68 Å². The van der Waals surface area contributed by atoms with Crippen LogP contribution in [0.4, 0.5) is 5.82 Å². The van der Waals surface area contributed by atoms with Gasteiger partial charge in [-0.05, 0) is 12.8 Å². The lowest BCUT2D eigenvalue weighted by Crippen LogP contribution is -2.16. The van der Waals surface area contributed by atoms with Crippen molar-refractivity contribution in [2.75, 3.05) is 5.73 Å². The first kappa shape index (κ1) is 11.3. The number of anilines is 1. The van der Waals surface area contributed by atoms with Crippen LogP contribution >= 0.6 is 0 Å². The third kappa shape index (κ3) is 2.13. The highest BCUT2D eigenvalue weighted by Crippen LogP contribution is 2.31. The molecule has 3 nitrogen and oxygen atoms in total. The first-order valence-electron chi connectivity index (χ1n) is 6.75. The van der Waals surface area contributed by atoms with Gasteiger partial charge in [0.2, 0.25) is 0 Å². The van der Waals surface area contributed by atoms with Gasteiger partial charge in [-0.2, -0.15) is 5.10 Å². The summed E-state index contributed by atoms with van der Waals surface area (Å²) in [6.07, 6.45) is 6.36. The van der Waals surface area contributed by atoms with Gasteiger partial charge < -0.3 is 5.73 Å². The molecule has 1 aliphatic rings.